The molecule has 0 radical (unpaired) electrons. The second-order valence-electron chi connectivity index (χ2n) is 14.1. The molecule has 0 unspecified atom stereocenters. The highest BCUT2D eigenvalue weighted by Gasteiger charge is 2.51. The van der Waals surface area contributed by atoms with E-state index in [2.05, 4.69) is 84.7 Å². The van der Waals surface area contributed by atoms with Gasteiger partial charge >= 0.3 is 6.18 Å². The van der Waals surface area contributed by atoms with Gasteiger partial charge in [0.2, 0.25) is 0 Å². The Morgan fingerprint density at radius 2 is 1.54 bits per heavy atom. The molecule has 7 nitrogen and oxygen atoms in total. The summed E-state index contributed by atoms with van der Waals surface area (Å²) in [5.74, 6) is -0.511. The Morgan fingerprint density at radius 3 is 2.12 bits per heavy atom. The molecule has 1 N–H and O–H groups in total. The summed E-state index contributed by atoms with van der Waals surface area (Å²) < 4.78 is 55.5. The summed E-state index contributed by atoms with van der Waals surface area (Å²) in [6, 6.07) is 26.3. The van der Waals surface area contributed by atoms with E-state index in [1.165, 1.54) is 29.6 Å². The molecule has 3 aromatic heterocycles. The fourth-order valence-corrected chi connectivity index (χ4v) is 12.4. The maximum absolute atomic E-state index is 14.3. The van der Waals surface area contributed by atoms with E-state index < -0.39 is 31.5 Å². The standard InChI is InChI=1S/C39H43F3N4O3Si/c1-37(2,3)50(28-15-8-5-9-16-28,29-17-10-6-11-18-29)49-26-24-38(22-12-7-13-23-38)35-30-21-25-43-46(30)27-31(48-4)34(35)36(47)45-33-20-14-19-32(44-33)39(40,41)42/h5-6,8-11,14-21,25,27H,7,12-13,22-24,26H2,1-4H3,(H,44,45,47). The number of benzene rings is 2. The molecule has 11 heteroatoms. The topological polar surface area (TPSA) is 77.8 Å². The molecule has 1 saturated carbocycles. The maximum Gasteiger partial charge on any atom is 0.433 e. The number of amides is 1. The average Bonchev–Trinajstić information content (AvgIpc) is 3.58. The van der Waals surface area contributed by atoms with Gasteiger partial charge in [-0.3, -0.25) is 4.79 Å². The summed E-state index contributed by atoms with van der Waals surface area (Å²) in [6.07, 6.45) is 3.85. The van der Waals surface area contributed by atoms with E-state index in [1.807, 2.05) is 18.2 Å². The number of methoxy groups -OCH3 is 1. The van der Waals surface area contributed by atoms with Crippen LogP contribution >= 0.6 is 0 Å². The number of nitrogens with zero attached hydrogens (tertiary/aromatic N) is 3. The van der Waals surface area contributed by atoms with Crippen molar-refractivity contribution < 1.29 is 27.1 Å². The van der Waals surface area contributed by atoms with E-state index in [9.17, 15) is 18.0 Å². The Balaban J connectivity index is 1.45. The molecule has 1 aliphatic rings. The van der Waals surface area contributed by atoms with Crippen LogP contribution in [0.3, 0.4) is 0 Å². The van der Waals surface area contributed by atoms with Crippen LogP contribution < -0.4 is 20.4 Å². The minimum absolute atomic E-state index is 0.195. The highest BCUT2D eigenvalue weighted by Crippen LogP contribution is 2.48. The lowest BCUT2D eigenvalue weighted by Gasteiger charge is -2.45. The van der Waals surface area contributed by atoms with Gasteiger partial charge in [0, 0.05) is 23.8 Å². The summed E-state index contributed by atoms with van der Waals surface area (Å²) in [5, 5.41) is 9.32. The molecule has 0 saturated heterocycles. The van der Waals surface area contributed by atoms with Crippen molar-refractivity contribution in [3.05, 3.63) is 114 Å². The van der Waals surface area contributed by atoms with Gasteiger partial charge in [-0.1, -0.05) is 107 Å². The summed E-state index contributed by atoms with van der Waals surface area (Å²) in [4.78, 5) is 18.0. The minimum atomic E-state index is -4.66. The number of carbonyl (C=O) groups excluding carboxylic acids is 1. The van der Waals surface area contributed by atoms with Gasteiger partial charge in [-0.15, -0.1) is 0 Å². The van der Waals surface area contributed by atoms with Crippen molar-refractivity contribution >= 4 is 35.9 Å². The number of fused-ring (bicyclic) bond motifs is 1. The first-order chi connectivity index (χ1) is 23.9. The fraction of sp³-hybridized carbons (Fsp3) is 0.359. The van der Waals surface area contributed by atoms with Gasteiger partial charge in [-0.05, 0) is 52.9 Å². The third kappa shape index (κ3) is 6.68. The van der Waals surface area contributed by atoms with Gasteiger partial charge in [-0.2, -0.15) is 18.3 Å². The Hall–Kier alpha value is -4.48. The minimum Gasteiger partial charge on any atom is -0.494 e. The van der Waals surface area contributed by atoms with E-state index in [-0.39, 0.29) is 22.2 Å². The normalized spacial score (nSPS) is 15.2. The van der Waals surface area contributed by atoms with Crippen LogP contribution in [0.1, 0.15) is 80.9 Å². The predicted octanol–water partition coefficient (Wildman–Crippen LogP) is 8.18. The van der Waals surface area contributed by atoms with Gasteiger partial charge < -0.3 is 14.5 Å². The van der Waals surface area contributed by atoms with Crippen molar-refractivity contribution in [3.8, 4) is 5.75 Å². The number of carbonyl (C=O) groups is 1. The number of ether oxygens (including phenoxy) is 1. The van der Waals surface area contributed by atoms with Crippen LogP contribution in [0.25, 0.3) is 5.52 Å². The van der Waals surface area contributed by atoms with Crippen LogP contribution in [0, 0.1) is 0 Å². The highest BCUT2D eigenvalue weighted by molar-refractivity contribution is 6.99. The molecule has 1 fully saturated rings. The Kier molecular flexibility index (Phi) is 9.92. The smallest absolute Gasteiger partial charge is 0.433 e. The van der Waals surface area contributed by atoms with Crippen LogP contribution in [-0.4, -0.2) is 42.5 Å². The van der Waals surface area contributed by atoms with Crippen molar-refractivity contribution in [2.24, 2.45) is 0 Å². The fourth-order valence-electron chi connectivity index (χ4n) is 7.81. The molecule has 2 aromatic carbocycles. The maximum atomic E-state index is 14.3. The van der Waals surface area contributed by atoms with Crippen molar-refractivity contribution in [2.45, 2.75) is 75.9 Å². The number of anilines is 1. The van der Waals surface area contributed by atoms with Gasteiger partial charge in [0.15, 0.2) is 0 Å². The van der Waals surface area contributed by atoms with Crippen LogP contribution in [0.2, 0.25) is 5.04 Å². The van der Waals surface area contributed by atoms with E-state index in [4.69, 9.17) is 9.16 Å². The second kappa shape index (κ2) is 14.0. The summed E-state index contributed by atoms with van der Waals surface area (Å²) >= 11 is 0. The monoisotopic (exact) mass is 700 g/mol. The number of nitrogens with one attached hydrogen (secondary N) is 1. The molecule has 0 aliphatic heterocycles. The van der Waals surface area contributed by atoms with E-state index in [0.29, 0.717) is 13.0 Å². The molecule has 50 heavy (non-hydrogen) atoms. The molecule has 5 aromatic rings. The first-order valence-corrected chi connectivity index (χ1v) is 19.0. The molecule has 262 valence electrons. The molecular formula is C39H43F3N4O3Si. The summed E-state index contributed by atoms with van der Waals surface area (Å²) in [6.45, 7) is 7.17. The lowest BCUT2D eigenvalue weighted by molar-refractivity contribution is -0.141. The van der Waals surface area contributed by atoms with Crippen molar-refractivity contribution in [2.75, 3.05) is 19.0 Å². The lowest BCUT2D eigenvalue weighted by atomic mass is 9.66. The predicted molar refractivity (Wildman–Crippen MR) is 192 cm³/mol. The molecular weight excluding hydrogens is 658 g/mol. The number of hydrogen-bond donors (Lipinski definition) is 1. The SMILES string of the molecule is COc1cn2nccc2c(C2(CCO[Si](c3ccccc3)(c3ccccc3)C(C)(C)C)CCCCC2)c1C(=O)Nc1cccc(C(F)(F)F)n1. The first kappa shape index (κ1) is 35.3. The number of pyridine rings is 2. The Bertz CT molecular complexity index is 1900. The summed E-state index contributed by atoms with van der Waals surface area (Å²) in [7, 11) is -1.38. The van der Waals surface area contributed by atoms with E-state index in [1.54, 1.807) is 16.9 Å². The van der Waals surface area contributed by atoms with Gasteiger partial charge in [0.05, 0.1) is 24.4 Å². The number of rotatable bonds is 10. The van der Waals surface area contributed by atoms with Gasteiger partial charge in [-0.25, -0.2) is 9.50 Å². The molecule has 0 spiro atoms. The number of aromatic nitrogens is 3. The van der Waals surface area contributed by atoms with E-state index >= 15 is 0 Å². The van der Waals surface area contributed by atoms with Crippen LogP contribution in [0.15, 0.2) is 97.3 Å². The lowest BCUT2D eigenvalue weighted by Crippen LogP contribution is -2.66. The van der Waals surface area contributed by atoms with Gasteiger partial charge in [0.1, 0.15) is 17.3 Å². The zero-order chi connectivity index (χ0) is 35.6. The Morgan fingerprint density at radius 1 is 0.900 bits per heavy atom. The molecule has 1 amide bonds. The first-order valence-electron chi connectivity index (χ1n) is 17.1. The summed E-state index contributed by atoms with van der Waals surface area (Å²) in [5.41, 5.74) is 0.197. The zero-order valence-corrected chi connectivity index (χ0v) is 29.9. The number of alkyl halides is 3. The van der Waals surface area contributed by atoms with Crippen molar-refractivity contribution in [1.82, 2.24) is 14.6 Å². The Labute approximate surface area is 292 Å². The average molecular weight is 701 g/mol. The molecule has 0 bridgehead atoms. The van der Waals surface area contributed by atoms with Crippen molar-refractivity contribution in [3.63, 3.8) is 0 Å². The van der Waals surface area contributed by atoms with E-state index in [0.717, 1.165) is 49.3 Å². The molecule has 1 aliphatic carbocycles. The number of hydrogen-bond acceptors (Lipinski definition) is 5. The zero-order valence-electron chi connectivity index (χ0n) is 28.9. The molecule has 3 heterocycles. The third-order valence-corrected chi connectivity index (χ3v) is 15.1. The molecule has 0 atom stereocenters. The quantitative estimate of drug-likeness (QED) is 0.149. The van der Waals surface area contributed by atoms with Crippen LogP contribution in [-0.2, 0) is 16.0 Å². The third-order valence-electron chi connectivity index (χ3n) is 10.0. The van der Waals surface area contributed by atoms with Crippen LogP contribution in [0.5, 0.6) is 5.75 Å². The highest BCUT2D eigenvalue weighted by atomic mass is 28.4. The van der Waals surface area contributed by atoms with Crippen molar-refractivity contribution in [1.29, 1.82) is 0 Å². The number of halogens is 3. The molecule has 6 rings (SSSR count). The largest absolute Gasteiger partial charge is 0.494 e. The van der Waals surface area contributed by atoms with Gasteiger partial charge in [0.25, 0.3) is 14.2 Å². The van der Waals surface area contributed by atoms with Crippen LogP contribution in [0.4, 0.5) is 19.0 Å². The second-order valence-corrected chi connectivity index (χ2v) is 18.4.